The topological polar surface area (TPSA) is 61.4 Å². The predicted octanol–water partition coefficient (Wildman–Crippen LogP) is 2.66. The SMILES string of the molecule is Cc1ccsc1CN(C)C(=O)N[C@@H]1CCCN(c2ncccn2)C1. The van der Waals surface area contributed by atoms with E-state index < -0.39 is 0 Å². The van der Waals surface area contributed by atoms with Crippen LogP contribution in [0.4, 0.5) is 10.7 Å². The Morgan fingerprint density at radius 2 is 2.25 bits per heavy atom. The van der Waals surface area contributed by atoms with Gasteiger partial charge < -0.3 is 15.1 Å². The Hall–Kier alpha value is -2.15. The highest BCUT2D eigenvalue weighted by Gasteiger charge is 2.24. The standard InChI is InChI=1S/C17H23N5OS/c1-13-6-10-24-15(13)12-21(2)17(23)20-14-5-3-9-22(11-14)16-18-7-4-8-19-16/h4,6-8,10,14H,3,5,9,11-12H2,1-2H3,(H,20,23)/t14-/m1/s1. The van der Waals surface area contributed by atoms with Gasteiger partial charge in [0.25, 0.3) is 0 Å². The largest absolute Gasteiger partial charge is 0.339 e. The van der Waals surface area contributed by atoms with E-state index in [4.69, 9.17) is 0 Å². The number of hydrogen-bond acceptors (Lipinski definition) is 5. The molecule has 3 heterocycles. The second-order valence-electron chi connectivity index (χ2n) is 6.17. The number of carbonyl (C=O) groups is 1. The van der Waals surface area contributed by atoms with Gasteiger partial charge in [-0.1, -0.05) is 0 Å². The molecule has 0 aromatic carbocycles. The number of hydrogen-bond donors (Lipinski definition) is 1. The molecule has 24 heavy (non-hydrogen) atoms. The molecule has 6 nitrogen and oxygen atoms in total. The Balaban J connectivity index is 1.55. The first kappa shape index (κ1) is 16.7. The fraction of sp³-hybridized carbons (Fsp3) is 0.471. The number of nitrogens with one attached hydrogen (secondary N) is 1. The minimum Gasteiger partial charge on any atom is -0.339 e. The quantitative estimate of drug-likeness (QED) is 0.925. The van der Waals surface area contributed by atoms with Crippen molar-refractivity contribution < 1.29 is 4.79 Å². The van der Waals surface area contributed by atoms with Gasteiger partial charge in [0.1, 0.15) is 0 Å². The number of rotatable bonds is 4. The van der Waals surface area contributed by atoms with Crippen molar-refractivity contribution in [2.45, 2.75) is 32.4 Å². The zero-order chi connectivity index (χ0) is 16.9. The van der Waals surface area contributed by atoms with E-state index in [1.807, 2.05) is 13.1 Å². The van der Waals surface area contributed by atoms with E-state index in [0.717, 1.165) is 31.9 Å². The van der Waals surface area contributed by atoms with Gasteiger partial charge in [-0.25, -0.2) is 14.8 Å². The van der Waals surface area contributed by atoms with E-state index in [2.05, 4.69) is 38.6 Å². The van der Waals surface area contributed by atoms with Crippen molar-refractivity contribution >= 4 is 23.3 Å². The molecule has 1 fully saturated rings. The zero-order valence-electron chi connectivity index (χ0n) is 14.1. The third kappa shape index (κ3) is 4.03. The van der Waals surface area contributed by atoms with Crippen molar-refractivity contribution in [1.29, 1.82) is 0 Å². The highest BCUT2D eigenvalue weighted by Crippen LogP contribution is 2.18. The molecule has 1 atom stereocenters. The molecule has 1 aliphatic rings. The van der Waals surface area contributed by atoms with Gasteiger partial charge >= 0.3 is 6.03 Å². The lowest BCUT2D eigenvalue weighted by molar-refractivity contribution is 0.201. The third-order valence-electron chi connectivity index (χ3n) is 4.28. The van der Waals surface area contributed by atoms with E-state index in [9.17, 15) is 4.79 Å². The third-order valence-corrected chi connectivity index (χ3v) is 5.29. The molecule has 3 rings (SSSR count). The van der Waals surface area contributed by atoms with Gasteiger partial charge in [-0.15, -0.1) is 11.3 Å². The van der Waals surface area contributed by atoms with Crippen molar-refractivity contribution in [1.82, 2.24) is 20.2 Å². The molecule has 0 unspecified atom stereocenters. The van der Waals surface area contributed by atoms with Crippen LogP contribution in [0.25, 0.3) is 0 Å². The average molecular weight is 345 g/mol. The van der Waals surface area contributed by atoms with E-state index in [0.29, 0.717) is 6.54 Å². The molecule has 0 saturated carbocycles. The Labute approximate surface area is 146 Å². The van der Waals surface area contributed by atoms with Gasteiger partial charge in [-0.2, -0.15) is 0 Å². The predicted molar refractivity (Wildman–Crippen MR) is 96.3 cm³/mol. The van der Waals surface area contributed by atoms with Crippen LogP contribution in [0.15, 0.2) is 29.9 Å². The summed E-state index contributed by atoms with van der Waals surface area (Å²) < 4.78 is 0. The normalized spacial score (nSPS) is 17.6. The zero-order valence-corrected chi connectivity index (χ0v) is 14.9. The summed E-state index contributed by atoms with van der Waals surface area (Å²) in [6.07, 6.45) is 5.52. The van der Waals surface area contributed by atoms with Crippen LogP contribution < -0.4 is 10.2 Å². The first-order valence-electron chi connectivity index (χ1n) is 8.20. The molecule has 7 heteroatoms. The second-order valence-corrected chi connectivity index (χ2v) is 7.17. The summed E-state index contributed by atoms with van der Waals surface area (Å²) in [6, 6.07) is 4.00. The summed E-state index contributed by atoms with van der Waals surface area (Å²) in [5.74, 6) is 0.735. The number of nitrogens with zero attached hydrogens (tertiary/aromatic N) is 4. The number of carbonyl (C=O) groups excluding carboxylic acids is 1. The van der Waals surface area contributed by atoms with E-state index in [-0.39, 0.29) is 12.1 Å². The lowest BCUT2D eigenvalue weighted by atomic mass is 10.1. The van der Waals surface area contributed by atoms with Crippen LogP contribution in [0.3, 0.4) is 0 Å². The number of anilines is 1. The van der Waals surface area contributed by atoms with Crippen LogP contribution in [0.5, 0.6) is 0 Å². The van der Waals surface area contributed by atoms with E-state index in [1.54, 1.807) is 28.6 Å². The van der Waals surface area contributed by atoms with Gasteiger partial charge in [0.05, 0.1) is 6.54 Å². The first-order chi connectivity index (χ1) is 11.6. The smallest absolute Gasteiger partial charge is 0.317 e. The van der Waals surface area contributed by atoms with E-state index in [1.165, 1.54) is 10.4 Å². The molecular weight excluding hydrogens is 322 g/mol. The minimum absolute atomic E-state index is 0.0244. The summed E-state index contributed by atoms with van der Waals surface area (Å²) >= 11 is 1.69. The van der Waals surface area contributed by atoms with Crippen molar-refractivity contribution in [3.63, 3.8) is 0 Å². The van der Waals surface area contributed by atoms with Crippen LogP contribution in [-0.2, 0) is 6.54 Å². The van der Waals surface area contributed by atoms with Crippen LogP contribution in [-0.4, -0.2) is 47.1 Å². The Morgan fingerprint density at radius 1 is 1.46 bits per heavy atom. The molecule has 1 saturated heterocycles. The van der Waals surface area contributed by atoms with Gasteiger partial charge in [-0.05, 0) is 42.8 Å². The summed E-state index contributed by atoms with van der Waals surface area (Å²) in [7, 11) is 1.84. The number of thiophene rings is 1. The number of aromatic nitrogens is 2. The lowest BCUT2D eigenvalue weighted by Crippen LogP contribution is -2.51. The molecule has 2 aromatic heterocycles. The minimum atomic E-state index is -0.0244. The number of amides is 2. The highest BCUT2D eigenvalue weighted by atomic mass is 32.1. The summed E-state index contributed by atoms with van der Waals surface area (Å²) in [5.41, 5.74) is 1.24. The van der Waals surface area contributed by atoms with Crippen LogP contribution in [0, 0.1) is 6.92 Å². The molecule has 0 radical (unpaired) electrons. The number of urea groups is 1. The lowest BCUT2D eigenvalue weighted by Gasteiger charge is -2.34. The van der Waals surface area contributed by atoms with Crippen LogP contribution in [0.1, 0.15) is 23.3 Å². The van der Waals surface area contributed by atoms with E-state index >= 15 is 0 Å². The van der Waals surface area contributed by atoms with Crippen LogP contribution >= 0.6 is 11.3 Å². The first-order valence-corrected chi connectivity index (χ1v) is 9.08. The number of piperidine rings is 1. The summed E-state index contributed by atoms with van der Waals surface area (Å²) in [5, 5.41) is 5.21. The monoisotopic (exact) mass is 345 g/mol. The van der Waals surface area contributed by atoms with Crippen molar-refractivity contribution in [3.05, 3.63) is 40.3 Å². The molecule has 0 bridgehead atoms. The summed E-state index contributed by atoms with van der Waals surface area (Å²) in [4.78, 5) is 26.2. The molecule has 2 amide bonds. The highest BCUT2D eigenvalue weighted by molar-refractivity contribution is 7.10. The molecular formula is C17H23N5OS. The molecule has 1 aliphatic heterocycles. The fourth-order valence-electron chi connectivity index (χ4n) is 2.87. The Kier molecular flexibility index (Phi) is 5.30. The molecule has 0 spiro atoms. The second kappa shape index (κ2) is 7.61. The van der Waals surface area contributed by atoms with Crippen molar-refractivity contribution in [2.75, 3.05) is 25.0 Å². The molecule has 0 aliphatic carbocycles. The van der Waals surface area contributed by atoms with Gasteiger partial charge in [0.15, 0.2) is 0 Å². The molecule has 1 N–H and O–H groups in total. The van der Waals surface area contributed by atoms with Gasteiger partial charge in [0.2, 0.25) is 5.95 Å². The van der Waals surface area contributed by atoms with Crippen molar-refractivity contribution in [2.24, 2.45) is 0 Å². The number of aryl methyl sites for hydroxylation is 1. The van der Waals surface area contributed by atoms with Crippen LogP contribution in [0.2, 0.25) is 0 Å². The Morgan fingerprint density at radius 3 is 2.96 bits per heavy atom. The van der Waals surface area contributed by atoms with Gasteiger partial charge in [0, 0.05) is 43.4 Å². The van der Waals surface area contributed by atoms with Gasteiger partial charge in [-0.3, -0.25) is 0 Å². The fourth-order valence-corrected chi connectivity index (χ4v) is 3.83. The van der Waals surface area contributed by atoms with Crippen molar-refractivity contribution in [3.8, 4) is 0 Å². The molecule has 2 aromatic rings. The Bertz CT molecular complexity index is 675. The maximum absolute atomic E-state index is 12.5. The molecule has 128 valence electrons. The average Bonchev–Trinajstić information content (AvgIpc) is 3.00. The maximum atomic E-state index is 12.5. The summed E-state index contributed by atoms with van der Waals surface area (Å²) in [6.45, 7) is 4.41. The maximum Gasteiger partial charge on any atom is 0.317 e.